The molecule has 1 aliphatic rings. The van der Waals surface area contributed by atoms with Crippen molar-refractivity contribution in [3.8, 4) is 5.75 Å². The van der Waals surface area contributed by atoms with Crippen molar-refractivity contribution in [2.24, 2.45) is 0 Å². The first kappa shape index (κ1) is 23.3. The van der Waals surface area contributed by atoms with Gasteiger partial charge in [0.2, 0.25) is 5.91 Å². The smallest absolute Gasteiger partial charge is 0.341 e. The molecular weight excluding hydrogens is 446 g/mol. The number of carboxylic acid groups (broad SMARTS) is 1. The van der Waals surface area contributed by atoms with Crippen molar-refractivity contribution in [1.29, 1.82) is 0 Å². The van der Waals surface area contributed by atoms with E-state index in [-0.39, 0.29) is 18.4 Å². The van der Waals surface area contributed by atoms with E-state index < -0.39 is 18.4 Å². The number of aliphatic carboxylic acids is 1. The molecule has 0 spiro atoms. The quantitative estimate of drug-likeness (QED) is 0.667. The summed E-state index contributed by atoms with van der Waals surface area (Å²) in [6, 6.07) is 9.31. The normalized spacial score (nSPS) is 16.9. The number of piperazine rings is 1. The third-order valence-corrected chi connectivity index (χ3v) is 5.63. The number of carbonyl (C=O) groups excluding carboxylic acids is 1. The van der Waals surface area contributed by atoms with Gasteiger partial charge in [0.15, 0.2) is 6.61 Å². The molecule has 6 nitrogen and oxygen atoms in total. The highest BCUT2D eigenvalue weighted by molar-refractivity contribution is 6.30. The standard InChI is InChI=1S/C22H23Cl2FN2O4/c1-14-11-26(12-16-8-17(23)4-5-20(16)31-13-22(29)30)6-7-27(14)21(28)9-15-2-3-18(24)10-19(15)25/h2-5,8,10,14H,6-7,9,11-13H2,1H3,(H,29,30)/t14-/m0/s1. The number of amides is 1. The van der Waals surface area contributed by atoms with Crippen LogP contribution in [0.5, 0.6) is 5.75 Å². The number of halogens is 3. The molecule has 1 saturated heterocycles. The van der Waals surface area contributed by atoms with E-state index in [0.29, 0.717) is 47.5 Å². The van der Waals surface area contributed by atoms with Gasteiger partial charge in [-0.15, -0.1) is 0 Å². The minimum atomic E-state index is -1.06. The molecule has 0 aromatic heterocycles. The van der Waals surface area contributed by atoms with Crippen molar-refractivity contribution < 1.29 is 23.8 Å². The molecule has 1 fully saturated rings. The summed E-state index contributed by atoms with van der Waals surface area (Å²) in [5.74, 6) is -1.21. The van der Waals surface area contributed by atoms with Gasteiger partial charge in [0.25, 0.3) is 0 Å². The van der Waals surface area contributed by atoms with Crippen molar-refractivity contribution in [1.82, 2.24) is 9.80 Å². The van der Waals surface area contributed by atoms with Gasteiger partial charge in [-0.3, -0.25) is 9.69 Å². The van der Waals surface area contributed by atoms with Crippen LogP contribution >= 0.6 is 23.2 Å². The van der Waals surface area contributed by atoms with Gasteiger partial charge in [0, 0.05) is 47.8 Å². The average molecular weight is 469 g/mol. The summed E-state index contributed by atoms with van der Waals surface area (Å²) in [5, 5.41) is 9.69. The Kier molecular flexibility index (Phi) is 7.75. The molecule has 9 heteroatoms. The molecule has 1 amide bonds. The van der Waals surface area contributed by atoms with E-state index in [9.17, 15) is 14.0 Å². The van der Waals surface area contributed by atoms with Crippen LogP contribution in [-0.2, 0) is 22.6 Å². The van der Waals surface area contributed by atoms with Crippen LogP contribution < -0.4 is 4.74 Å². The Labute approximate surface area is 190 Å². The van der Waals surface area contributed by atoms with E-state index in [1.54, 1.807) is 29.2 Å². The topological polar surface area (TPSA) is 70.1 Å². The van der Waals surface area contributed by atoms with E-state index in [1.165, 1.54) is 12.1 Å². The lowest BCUT2D eigenvalue weighted by Gasteiger charge is -2.40. The first-order valence-corrected chi connectivity index (χ1v) is 10.6. The van der Waals surface area contributed by atoms with Crippen LogP contribution in [0.1, 0.15) is 18.1 Å². The Hall–Kier alpha value is -2.35. The van der Waals surface area contributed by atoms with Crippen molar-refractivity contribution in [2.45, 2.75) is 25.9 Å². The summed E-state index contributed by atoms with van der Waals surface area (Å²) < 4.78 is 19.4. The second-order valence-electron chi connectivity index (χ2n) is 7.52. The molecule has 1 aliphatic heterocycles. The predicted octanol–water partition coefficient (Wildman–Crippen LogP) is 3.87. The number of rotatable bonds is 7. The molecule has 1 heterocycles. The van der Waals surface area contributed by atoms with Gasteiger partial charge in [-0.2, -0.15) is 0 Å². The fourth-order valence-corrected chi connectivity index (χ4v) is 4.02. The highest BCUT2D eigenvalue weighted by atomic mass is 35.5. The van der Waals surface area contributed by atoms with E-state index in [0.717, 1.165) is 5.56 Å². The molecule has 0 unspecified atom stereocenters. The SMILES string of the molecule is C[C@H]1CN(Cc2cc(Cl)ccc2OCC(=O)O)CCN1C(=O)Cc1ccc(Cl)cc1F. The Morgan fingerprint density at radius 1 is 1.13 bits per heavy atom. The fourth-order valence-electron chi connectivity index (χ4n) is 3.67. The van der Waals surface area contributed by atoms with E-state index in [4.69, 9.17) is 33.0 Å². The van der Waals surface area contributed by atoms with E-state index in [2.05, 4.69) is 4.90 Å². The number of hydrogen-bond acceptors (Lipinski definition) is 4. The molecule has 1 N–H and O–H groups in total. The zero-order chi connectivity index (χ0) is 22.5. The Balaban J connectivity index is 1.62. The zero-order valence-corrected chi connectivity index (χ0v) is 18.5. The summed E-state index contributed by atoms with van der Waals surface area (Å²) in [6.45, 7) is 3.75. The molecule has 31 heavy (non-hydrogen) atoms. The van der Waals surface area contributed by atoms with Crippen molar-refractivity contribution >= 4 is 35.1 Å². The molecule has 0 bridgehead atoms. The largest absolute Gasteiger partial charge is 0.482 e. The molecule has 166 valence electrons. The summed E-state index contributed by atoms with van der Waals surface area (Å²) in [7, 11) is 0. The van der Waals surface area contributed by atoms with E-state index in [1.807, 2.05) is 6.92 Å². The molecule has 2 aromatic carbocycles. The lowest BCUT2D eigenvalue weighted by Crippen LogP contribution is -2.54. The van der Waals surface area contributed by atoms with Crippen LogP contribution in [0.2, 0.25) is 10.0 Å². The van der Waals surface area contributed by atoms with Crippen molar-refractivity contribution in [3.05, 3.63) is 63.4 Å². The Bertz CT molecular complexity index is 973. The van der Waals surface area contributed by atoms with Crippen molar-refractivity contribution in [3.63, 3.8) is 0 Å². The summed E-state index contributed by atoms with van der Waals surface area (Å²) >= 11 is 11.9. The summed E-state index contributed by atoms with van der Waals surface area (Å²) in [6.07, 6.45) is -0.0190. The summed E-state index contributed by atoms with van der Waals surface area (Å²) in [4.78, 5) is 27.5. The van der Waals surface area contributed by atoms with Gasteiger partial charge < -0.3 is 14.7 Å². The van der Waals surface area contributed by atoms with Crippen molar-refractivity contribution in [2.75, 3.05) is 26.2 Å². The fraction of sp³-hybridized carbons (Fsp3) is 0.364. The minimum absolute atomic E-state index is 0.0190. The number of carboxylic acids is 1. The van der Waals surface area contributed by atoms with Crippen LogP contribution in [0.3, 0.4) is 0 Å². The molecule has 0 saturated carbocycles. The van der Waals surface area contributed by atoms with Crippen LogP contribution in [0.4, 0.5) is 4.39 Å². The molecule has 0 radical (unpaired) electrons. The van der Waals surface area contributed by atoms with Gasteiger partial charge in [0.05, 0.1) is 6.42 Å². The van der Waals surface area contributed by atoms with Crippen LogP contribution in [0.15, 0.2) is 36.4 Å². The Morgan fingerprint density at radius 2 is 1.84 bits per heavy atom. The second-order valence-corrected chi connectivity index (χ2v) is 8.39. The molecule has 2 aromatic rings. The molecular formula is C22H23Cl2FN2O4. The van der Waals surface area contributed by atoms with Gasteiger partial charge in [-0.25, -0.2) is 9.18 Å². The zero-order valence-electron chi connectivity index (χ0n) is 17.0. The monoisotopic (exact) mass is 468 g/mol. The first-order chi connectivity index (χ1) is 14.7. The molecule has 0 aliphatic carbocycles. The number of carbonyl (C=O) groups is 2. The van der Waals surface area contributed by atoms with E-state index >= 15 is 0 Å². The Morgan fingerprint density at radius 3 is 2.52 bits per heavy atom. The van der Waals surface area contributed by atoms with Gasteiger partial charge >= 0.3 is 5.97 Å². The first-order valence-electron chi connectivity index (χ1n) is 9.81. The van der Waals surface area contributed by atoms with Gasteiger partial charge in [-0.1, -0.05) is 29.3 Å². The molecule has 3 rings (SSSR count). The molecule has 1 atom stereocenters. The number of nitrogens with zero attached hydrogens (tertiary/aromatic N) is 2. The minimum Gasteiger partial charge on any atom is -0.482 e. The van der Waals surface area contributed by atoms with Crippen LogP contribution in [-0.4, -0.2) is 59.1 Å². The van der Waals surface area contributed by atoms with Crippen LogP contribution in [0.25, 0.3) is 0 Å². The third-order valence-electron chi connectivity index (χ3n) is 5.16. The predicted molar refractivity (Wildman–Crippen MR) is 116 cm³/mol. The third kappa shape index (κ3) is 6.32. The highest BCUT2D eigenvalue weighted by Crippen LogP contribution is 2.26. The maximum Gasteiger partial charge on any atom is 0.341 e. The second kappa shape index (κ2) is 10.3. The maximum atomic E-state index is 14.0. The lowest BCUT2D eigenvalue weighted by molar-refractivity contribution is -0.139. The van der Waals surface area contributed by atoms with Crippen LogP contribution in [0, 0.1) is 5.82 Å². The van der Waals surface area contributed by atoms with Gasteiger partial charge in [-0.05, 0) is 42.8 Å². The lowest BCUT2D eigenvalue weighted by atomic mass is 10.1. The maximum absolute atomic E-state index is 14.0. The number of benzene rings is 2. The number of ether oxygens (including phenoxy) is 1. The summed E-state index contributed by atoms with van der Waals surface area (Å²) in [5.41, 5.74) is 1.10. The average Bonchev–Trinajstić information content (AvgIpc) is 2.69. The highest BCUT2D eigenvalue weighted by Gasteiger charge is 2.28. The number of hydrogen-bond donors (Lipinski definition) is 1. The van der Waals surface area contributed by atoms with Gasteiger partial charge in [0.1, 0.15) is 11.6 Å².